The van der Waals surface area contributed by atoms with E-state index in [1.165, 1.54) is 4.90 Å². The van der Waals surface area contributed by atoms with Crippen LogP contribution < -0.4 is 10.6 Å². The minimum absolute atomic E-state index is 0.0923. The number of likely N-dealkylation sites (N-methyl/N-ethyl adjacent to an activating group) is 1. The number of unbranched alkanes of at least 4 members (excludes halogenated alkanes) is 1. The van der Waals surface area contributed by atoms with E-state index in [0.29, 0.717) is 19.7 Å². The maximum atomic E-state index is 11.9. The van der Waals surface area contributed by atoms with E-state index in [2.05, 4.69) is 10.6 Å². The van der Waals surface area contributed by atoms with E-state index >= 15 is 0 Å². The zero-order valence-electron chi connectivity index (χ0n) is 12.1. The van der Waals surface area contributed by atoms with Crippen LogP contribution in [0.5, 0.6) is 0 Å². The summed E-state index contributed by atoms with van der Waals surface area (Å²) in [5.74, 6) is -0.926. The van der Waals surface area contributed by atoms with Crippen molar-refractivity contribution in [1.82, 2.24) is 15.5 Å². The number of hydrogen-bond donors (Lipinski definition) is 2. The average Bonchev–Trinajstić information content (AvgIpc) is 2.41. The summed E-state index contributed by atoms with van der Waals surface area (Å²) in [7, 11) is 1.66. The summed E-state index contributed by atoms with van der Waals surface area (Å²) >= 11 is 0. The molecule has 0 aromatic rings. The highest BCUT2D eigenvalue weighted by atomic mass is 16.5. The molecule has 1 saturated heterocycles. The Kier molecular flexibility index (Phi) is 7.00. The van der Waals surface area contributed by atoms with Gasteiger partial charge in [-0.2, -0.15) is 0 Å². The van der Waals surface area contributed by atoms with Gasteiger partial charge in [-0.15, -0.1) is 0 Å². The number of esters is 1. The first kappa shape index (κ1) is 16.4. The van der Waals surface area contributed by atoms with Gasteiger partial charge in [0.2, 0.25) is 11.8 Å². The molecule has 1 aliphatic heterocycles. The van der Waals surface area contributed by atoms with E-state index < -0.39 is 12.0 Å². The molecule has 0 spiro atoms. The molecule has 1 heterocycles. The lowest BCUT2D eigenvalue weighted by molar-refractivity contribution is -0.151. The first-order chi connectivity index (χ1) is 9.60. The predicted octanol–water partition coefficient (Wildman–Crippen LogP) is -0.734. The number of carbonyl (C=O) groups excluding carboxylic acids is 3. The van der Waals surface area contributed by atoms with Crippen molar-refractivity contribution >= 4 is 17.8 Å². The average molecular weight is 285 g/mol. The summed E-state index contributed by atoms with van der Waals surface area (Å²) in [4.78, 5) is 36.9. The fraction of sp³-hybridized carbons (Fsp3) is 0.769. The third-order valence-corrected chi connectivity index (χ3v) is 3.10. The molecule has 114 valence electrons. The summed E-state index contributed by atoms with van der Waals surface area (Å²) in [5, 5.41) is 5.43. The fourth-order valence-corrected chi connectivity index (χ4v) is 2.02. The Bertz CT molecular complexity index is 360. The van der Waals surface area contributed by atoms with Gasteiger partial charge in [-0.25, -0.2) is 0 Å². The minimum atomic E-state index is -0.765. The molecular formula is C13H23N3O4. The lowest BCUT2D eigenvalue weighted by Gasteiger charge is -2.34. The van der Waals surface area contributed by atoms with E-state index in [-0.39, 0.29) is 24.8 Å². The Morgan fingerprint density at radius 2 is 2.25 bits per heavy atom. The zero-order valence-corrected chi connectivity index (χ0v) is 12.1. The minimum Gasteiger partial charge on any atom is -0.466 e. The Hall–Kier alpha value is -1.63. The van der Waals surface area contributed by atoms with Crippen LogP contribution in [0.25, 0.3) is 0 Å². The van der Waals surface area contributed by atoms with E-state index in [9.17, 15) is 14.4 Å². The van der Waals surface area contributed by atoms with Crippen LogP contribution in [0.4, 0.5) is 0 Å². The molecule has 1 unspecified atom stereocenters. The Morgan fingerprint density at radius 3 is 2.90 bits per heavy atom. The molecule has 0 aromatic heterocycles. The van der Waals surface area contributed by atoms with Gasteiger partial charge in [0.1, 0.15) is 6.04 Å². The third-order valence-electron chi connectivity index (χ3n) is 3.10. The number of hydrogen-bond acceptors (Lipinski definition) is 5. The van der Waals surface area contributed by atoms with Crippen molar-refractivity contribution in [1.29, 1.82) is 0 Å². The van der Waals surface area contributed by atoms with E-state index in [0.717, 1.165) is 12.8 Å². The second kappa shape index (κ2) is 8.52. The van der Waals surface area contributed by atoms with Crippen molar-refractivity contribution in [3.63, 3.8) is 0 Å². The molecular weight excluding hydrogens is 262 g/mol. The normalized spacial score (nSPS) is 18.6. The highest BCUT2D eigenvalue weighted by Crippen LogP contribution is 2.10. The summed E-state index contributed by atoms with van der Waals surface area (Å²) in [6.07, 6.45) is 1.64. The molecule has 0 aliphatic carbocycles. The van der Waals surface area contributed by atoms with Crippen molar-refractivity contribution in [3.8, 4) is 0 Å². The maximum Gasteiger partial charge on any atom is 0.308 e. The fourth-order valence-electron chi connectivity index (χ4n) is 2.02. The van der Waals surface area contributed by atoms with Gasteiger partial charge in [0.15, 0.2) is 0 Å². The molecule has 20 heavy (non-hydrogen) atoms. The lowest BCUT2D eigenvalue weighted by atomic mass is 10.1. The molecule has 2 N–H and O–H groups in total. The van der Waals surface area contributed by atoms with Crippen molar-refractivity contribution in [2.45, 2.75) is 32.2 Å². The molecule has 0 bridgehead atoms. The van der Waals surface area contributed by atoms with Crippen LogP contribution in [0.3, 0.4) is 0 Å². The van der Waals surface area contributed by atoms with E-state index in [1.807, 2.05) is 6.92 Å². The smallest absolute Gasteiger partial charge is 0.308 e. The molecule has 1 aliphatic rings. The molecule has 1 rings (SSSR count). The van der Waals surface area contributed by atoms with Crippen LogP contribution in [-0.2, 0) is 19.1 Å². The van der Waals surface area contributed by atoms with Gasteiger partial charge in [-0.05, 0) is 13.5 Å². The third kappa shape index (κ3) is 4.80. The monoisotopic (exact) mass is 285 g/mol. The van der Waals surface area contributed by atoms with Crippen LogP contribution >= 0.6 is 0 Å². The number of carbonyl (C=O) groups is 3. The Morgan fingerprint density at radius 1 is 1.50 bits per heavy atom. The summed E-state index contributed by atoms with van der Waals surface area (Å²) < 4.78 is 5.05. The van der Waals surface area contributed by atoms with Gasteiger partial charge in [-0.3, -0.25) is 14.4 Å². The van der Waals surface area contributed by atoms with Gasteiger partial charge >= 0.3 is 5.97 Å². The number of piperazine rings is 1. The number of nitrogens with one attached hydrogen (secondary N) is 2. The summed E-state index contributed by atoms with van der Waals surface area (Å²) in [6, 6.07) is -0.765. The molecule has 1 fully saturated rings. The van der Waals surface area contributed by atoms with Gasteiger partial charge in [0.05, 0.1) is 19.6 Å². The number of amides is 2. The van der Waals surface area contributed by atoms with Gasteiger partial charge in [0.25, 0.3) is 0 Å². The SMILES string of the molecule is CCCCOC(=O)CC1C(=O)NCCN1C(=O)CNC. The Balaban J connectivity index is 2.58. The maximum absolute atomic E-state index is 11.9. The molecule has 0 radical (unpaired) electrons. The second-order valence-electron chi connectivity index (χ2n) is 4.70. The van der Waals surface area contributed by atoms with Crippen LogP contribution in [0, 0.1) is 0 Å². The topological polar surface area (TPSA) is 87.7 Å². The van der Waals surface area contributed by atoms with Gasteiger partial charge in [0, 0.05) is 13.1 Å². The molecule has 0 aromatic carbocycles. The van der Waals surface area contributed by atoms with Crippen molar-refractivity contribution in [3.05, 3.63) is 0 Å². The van der Waals surface area contributed by atoms with Crippen LogP contribution in [0.15, 0.2) is 0 Å². The van der Waals surface area contributed by atoms with Crippen LogP contribution in [0.1, 0.15) is 26.2 Å². The lowest BCUT2D eigenvalue weighted by Crippen LogP contribution is -2.59. The van der Waals surface area contributed by atoms with Crippen molar-refractivity contribution < 1.29 is 19.1 Å². The first-order valence-electron chi connectivity index (χ1n) is 6.97. The van der Waals surface area contributed by atoms with Crippen LogP contribution in [-0.4, -0.2) is 62.0 Å². The molecule has 7 nitrogen and oxygen atoms in total. The second-order valence-corrected chi connectivity index (χ2v) is 4.70. The van der Waals surface area contributed by atoms with Crippen molar-refractivity contribution in [2.75, 3.05) is 33.3 Å². The zero-order chi connectivity index (χ0) is 15.0. The van der Waals surface area contributed by atoms with Gasteiger partial charge in [-0.1, -0.05) is 13.3 Å². The summed E-state index contributed by atoms with van der Waals surface area (Å²) in [6.45, 7) is 3.33. The highest BCUT2D eigenvalue weighted by Gasteiger charge is 2.34. The van der Waals surface area contributed by atoms with Crippen molar-refractivity contribution in [2.24, 2.45) is 0 Å². The molecule has 2 amide bonds. The Labute approximate surface area is 119 Å². The molecule has 7 heteroatoms. The molecule has 0 saturated carbocycles. The largest absolute Gasteiger partial charge is 0.466 e. The highest BCUT2D eigenvalue weighted by molar-refractivity contribution is 5.92. The number of ether oxygens (including phenoxy) is 1. The predicted molar refractivity (Wildman–Crippen MR) is 72.9 cm³/mol. The van der Waals surface area contributed by atoms with Crippen LogP contribution in [0.2, 0.25) is 0 Å². The number of rotatable bonds is 7. The number of nitrogens with zero attached hydrogens (tertiary/aromatic N) is 1. The molecule has 1 atom stereocenters. The van der Waals surface area contributed by atoms with Gasteiger partial charge < -0.3 is 20.3 Å². The van der Waals surface area contributed by atoms with E-state index in [4.69, 9.17) is 4.74 Å². The first-order valence-corrected chi connectivity index (χ1v) is 6.97. The standard InChI is InChI=1S/C13H23N3O4/c1-3-4-7-20-12(18)8-10-13(19)15-5-6-16(10)11(17)9-14-2/h10,14H,3-9H2,1-2H3,(H,15,19). The van der Waals surface area contributed by atoms with E-state index in [1.54, 1.807) is 7.05 Å². The summed E-state index contributed by atoms with van der Waals surface area (Å²) in [5.41, 5.74) is 0. The quantitative estimate of drug-likeness (QED) is 0.475.